The molecule has 156 valence electrons. The van der Waals surface area contributed by atoms with E-state index in [4.69, 9.17) is 4.74 Å². The van der Waals surface area contributed by atoms with Gasteiger partial charge in [0.2, 0.25) is 0 Å². The minimum absolute atomic E-state index is 0.0629. The monoisotopic (exact) mass is 395 g/mol. The van der Waals surface area contributed by atoms with Crippen LogP contribution >= 0.6 is 0 Å². The molecule has 3 rings (SSSR count). The van der Waals surface area contributed by atoms with E-state index in [0.29, 0.717) is 19.1 Å². The molecule has 1 saturated carbocycles. The van der Waals surface area contributed by atoms with Crippen molar-refractivity contribution in [2.75, 3.05) is 58.4 Å². The van der Waals surface area contributed by atoms with Gasteiger partial charge in [-0.25, -0.2) is 8.78 Å². The second-order valence-corrected chi connectivity index (χ2v) is 7.41. The Morgan fingerprint density at radius 2 is 2.00 bits per heavy atom. The third kappa shape index (κ3) is 5.54. The number of rotatable bonds is 9. The predicted octanol–water partition coefficient (Wildman–Crippen LogP) is 1.82. The van der Waals surface area contributed by atoms with E-state index in [9.17, 15) is 8.78 Å². The number of hydrogen-bond donors (Lipinski definition) is 2. The van der Waals surface area contributed by atoms with Crippen LogP contribution in [-0.4, -0.2) is 76.4 Å². The summed E-state index contributed by atoms with van der Waals surface area (Å²) < 4.78 is 33.2. The Labute approximate surface area is 165 Å². The Balaban J connectivity index is 1.45. The Morgan fingerprint density at radius 1 is 1.25 bits per heavy atom. The van der Waals surface area contributed by atoms with Crippen molar-refractivity contribution >= 4 is 11.6 Å². The zero-order chi connectivity index (χ0) is 19.9. The predicted molar refractivity (Wildman–Crippen MR) is 108 cm³/mol. The highest BCUT2D eigenvalue weighted by Crippen LogP contribution is 2.27. The number of guanidine groups is 1. The van der Waals surface area contributed by atoms with Gasteiger partial charge >= 0.3 is 0 Å². The highest BCUT2D eigenvalue weighted by atomic mass is 19.1. The van der Waals surface area contributed by atoms with Crippen molar-refractivity contribution in [1.82, 2.24) is 15.5 Å². The summed E-state index contributed by atoms with van der Waals surface area (Å²) in [4.78, 5) is 8.49. The van der Waals surface area contributed by atoms with E-state index in [2.05, 4.69) is 20.5 Å². The van der Waals surface area contributed by atoms with Crippen LogP contribution in [0.2, 0.25) is 0 Å². The van der Waals surface area contributed by atoms with Crippen LogP contribution in [0.5, 0.6) is 0 Å². The molecule has 0 bridgehead atoms. The molecule has 0 radical (unpaired) electrons. The Bertz CT molecular complexity index is 648. The van der Waals surface area contributed by atoms with Crippen molar-refractivity contribution in [3.05, 3.63) is 29.8 Å². The van der Waals surface area contributed by atoms with E-state index in [0.717, 1.165) is 38.6 Å². The second kappa shape index (κ2) is 10.0. The smallest absolute Gasteiger partial charge is 0.191 e. The van der Waals surface area contributed by atoms with Crippen LogP contribution in [0, 0.1) is 11.6 Å². The molecule has 2 fully saturated rings. The van der Waals surface area contributed by atoms with E-state index in [1.807, 2.05) is 0 Å². The fourth-order valence-electron chi connectivity index (χ4n) is 3.70. The van der Waals surface area contributed by atoms with E-state index in [1.165, 1.54) is 31.0 Å². The van der Waals surface area contributed by atoms with Gasteiger partial charge in [0, 0.05) is 59.0 Å². The molecule has 1 aliphatic carbocycles. The molecular weight excluding hydrogens is 364 g/mol. The van der Waals surface area contributed by atoms with Gasteiger partial charge in [0.05, 0.1) is 6.61 Å². The maximum Gasteiger partial charge on any atom is 0.191 e. The molecule has 2 aliphatic rings. The number of ether oxygens (including phenoxy) is 1. The van der Waals surface area contributed by atoms with Crippen molar-refractivity contribution in [3.63, 3.8) is 0 Å². The van der Waals surface area contributed by atoms with E-state index in [1.54, 1.807) is 19.1 Å². The SMILES string of the molecule is CN=C(NCCN(CCOC)C1CC1)NC1CCN(c2c(F)cccc2F)C1. The van der Waals surface area contributed by atoms with Gasteiger partial charge in [-0.05, 0) is 31.4 Å². The molecular formula is C20H31F2N5O. The highest BCUT2D eigenvalue weighted by molar-refractivity contribution is 5.80. The van der Waals surface area contributed by atoms with Crippen molar-refractivity contribution in [1.29, 1.82) is 0 Å². The summed E-state index contributed by atoms with van der Waals surface area (Å²) in [6, 6.07) is 4.77. The lowest BCUT2D eigenvalue weighted by atomic mass is 10.2. The quantitative estimate of drug-likeness (QED) is 0.494. The standard InChI is InChI=1S/C20H31F2N5O/c1-23-20(24-9-11-26(12-13-28-2)16-6-7-16)25-15-8-10-27(14-15)19-17(21)4-3-5-18(19)22/h3-5,15-16H,6-14H2,1-2H3,(H2,23,24,25). The summed E-state index contributed by atoms with van der Waals surface area (Å²) in [5, 5.41) is 6.73. The van der Waals surface area contributed by atoms with Crippen molar-refractivity contribution in [3.8, 4) is 0 Å². The van der Waals surface area contributed by atoms with Crippen LogP contribution in [-0.2, 0) is 4.74 Å². The number of nitrogens with one attached hydrogen (secondary N) is 2. The number of aliphatic imine (C=N–C) groups is 1. The van der Waals surface area contributed by atoms with Gasteiger partial charge in [0.25, 0.3) is 0 Å². The molecule has 0 aromatic heterocycles. The topological polar surface area (TPSA) is 52.1 Å². The summed E-state index contributed by atoms with van der Waals surface area (Å²) in [5.41, 5.74) is 0.0629. The fourth-order valence-corrected chi connectivity index (χ4v) is 3.70. The molecule has 1 aliphatic heterocycles. The molecule has 1 atom stereocenters. The fraction of sp³-hybridized carbons (Fsp3) is 0.650. The number of para-hydroxylation sites is 1. The zero-order valence-electron chi connectivity index (χ0n) is 16.8. The van der Waals surface area contributed by atoms with E-state index < -0.39 is 11.6 Å². The number of nitrogens with zero attached hydrogens (tertiary/aromatic N) is 3. The lowest BCUT2D eigenvalue weighted by Crippen LogP contribution is -2.47. The third-order valence-corrected chi connectivity index (χ3v) is 5.34. The number of benzene rings is 1. The molecule has 8 heteroatoms. The van der Waals surface area contributed by atoms with Gasteiger partial charge in [-0.2, -0.15) is 0 Å². The molecule has 6 nitrogen and oxygen atoms in total. The number of methoxy groups -OCH3 is 1. The first-order valence-electron chi connectivity index (χ1n) is 10.0. The lowest BCUT2D eigenvalue weighted by Gasteiger charge is -2.23. The maximum absolute atomic E-state index is 14.0. The van der Waals surface area contributed by atoms with Crippen LogP contribution in [0.3, 0.4) is 0 Å². The Kier molecular flexibility index (Phi) is 7.44. The summed E-state index contributed by atoms with van der Waals surface area (Å²) in [6.45, 7) is 4.57. The summed E-state index contributed by atoms with van der Waals surface area (Å²) in [7, 11) is 3.47. The van der Waals surface area contributed by atoms with Crippen LogP contribution in [0.4, 0.5) is 14.5 Å². The normalized spacial score (nSPS) is 20.1. The van der Waals surface area contributed by atoms with Crippen LogP contribution in [0.15, 0.2) is 23.2 Å². The van der Waals surface area contributed by atoms with E-state index >= 15 is 0 Å². The lowest BCUT2D eigenvalue weighted by molar-refractivity contribution is 0.144. The molecule has 0 amide bonds. The molecule has 0 spiro atoms. The number of anilines is 1. The first-order chi connectivity index (χ1) is 13.6. The molecule has 1 aromatic carbocycles. The third-order valence-electron chi connectivity index (χ3n) is 5.34. The first kappa shape index (κ1) is 20.8. The molecule has 1 saturated heterocycles. The average Bonchev–Trinajstić information content (AvgIpc) is 3.43. The van der Waals surface area contributed by atoms with Crippen molar-refractivity contribution in [2.24, 2.45) is 4.99 Å². The zero-order valence-corrected chi connectivity index (χ0v) is 16.8. The van der Waals surface area contributed by atoms with Crippen LogP contribution in [0.1, 0.15) is 19.3 Å². The average molecular weight is 395 g/mol. The molecule has 1 heterocycles. The van der Waals surface area contributed by atoms with Gasteiger partial charge in [-0.1, -0.05) is 6.07 Å². The van der Waals surface area contributed by atoms with Gasteiger partial charge in [0.15, 0.2) is 5.96 Å². The van der Waals surface area contributed by atoms with Crippen LogP contribution in [0.25, 0.3) is 0 Å². The first-order valence-corrected chi connectivity index (χ1v) is 10.0. The number of hydrogen-bond acceptors (Lipinski definition) is 4. The minimum atomic E-state index is -0.514. The molecule has 1 unspecified atom stereocenters. The van der Waals surface area contributed by atoms with Crippen molar-refractivity contribution in [2.45, 2.75) is 31.3 Å². The van der Waals surface area contributed by atoms with Crippen LogP contribution < -0.4 is 15.5 Å². The maximum atomic E-state index is 14.0. The number of halogens is 2. The Hall–Kier alpha value is -1.93. The van der Waals surface area contributed by atoms with Crippen molar-refractivity contribution < 1.29 is 13.5 Å². The molecule has 1 aromatic rings. The molecule has 28 heavy (non-hydrogen) atoms. The van der Waals surface area contributed by atoms with E-state index in [-0.39, 0.29) is 11.7 Å². The second-order valence-electron chi connectivity index (χ2n) is 7.41. The molecule has 2 N–H and O–H groups in total. The van der Waals surface area contributed by atoms with Gasteiger partial charge in [-0.3, -0.25) is 9.89 Å². The minimum Gasteiger partial charge on any atom is -0.383 e. The highest BCUT2D eigenvalue weighted by Gasteiger charge is 2.29. The summed E-state index contributed by atoms with van der Waals surface area (Å²) >= 11 is 0. The Morgan fingerprint density at radius 3 is 2.64 bits per heavy atom. The van der Waals surface area contributed by atoms with Gasteiger partial charge in [-0.15, -0.1) is 0 Å². The summed E-state index contributed by atoms with van der Waals surface area (Å²) in [5.74, 6) is -0.304. The largest absolute Gasteiger partial charge is 0.383 e. The van der Waals surface area contributed by atoms with Gasteiger partial charge < -0.3 is 20.3 Å². The summed E-state index contributed by atoms with van der Waals surface area (Å²) in [6.07, 6.45) is 3.33. The van der Waals surface area contributed by atoms with Gasteiger partial charge in [0.1, 0.15) is 17.3 Å².